The molecule has 1 aliphatic rings. The summed E-state index contributed by atoms with van der Waals surface area (Å²) < 4.78 is 47.0. The molecule has 0 aromatic rings. The number of alkyl halides is 1. The summed E-state index contributed by atoms with van der Waals surface area (Å²) in [4.78, 5) is 0. The van der Waals surface area contributed by atoms with Crippen molar-refractivity contribution >= 4 is 31.5 Å². The van der Waals surface area contributed by atoms with Gasteiger partial charge in [0.1, 0.15) is 0 Å². The summed E-state index contributed by atoms with van der Waals surface area (Å²) in [5.41, 5.74) is 0. The monoisotopic (exact) mass is 289 g/mol. The quantitative estimate of drug-likeness (QED) is 0.664. The molecule has 0 atom stereocenters. The normalized spacial score (nSPS) is 18.7. The van der Waals surface area contributed by atoms with E-state index in [0.29, 0.717) is 0 Å². The SMILES string of the molecule is CS(=O)(=O)CS(=O)(=O)N(CCCl)C1CCC1. The van der Waals surface area contributed by atoms with Crippen LogP contribution >= 0.6 is 11.6 Å². The first-order chi connectivity index (χ1) is 7.26. The zero-order valence-electron chi connectivity index (χ0n) is 9.09. The van der Waals surface area contributed by atoms with Gasteiger partial charge >= 0.3 is 0 Å². The zero-order valence-corrected chi connectivity index (χ0v) is 11.5. The maximum Gasteiger partial charge on any atom is 0.228 e. The summed E-state index contributed by atoms with van der Waals surface area (Å²) in [5.74, 6) is 0.180. The van der Waals surface area contributed by atoms with Crippen molar-refractivity contribution in [2.24, 2.45) is 0 Å². The molecule has 1 aliphatic carbocycles. The van der Waals surface area contributed by atoms with Gasteiger partial charge in [0.2, 0.25) is 10.0 Å². The summed E-state index contributed by atoms with van der Waals surface area (Å²) in [7, 11) is -7.28. The van der Waals surface area contributed by atoms with Gasteiger partial charge in [-0.05, 0) is 12.8 Å². The number of sulfonamides is 1. The molecular formula is C8H16ClNO4S2. The van der Waals surface area contributed by atoms with Crippen LogP contribution in [0.3, 0.4) is 0 Å². The van der Waals surface area contributed by atoms with Gasteiger partial charge in [0.05, 0.1) is 0 Å². The van der Waals surface area contributed by atoms with Crippen LogP contribution in [-0.4, -0.2) is 50.9 Å². The van der Waals surface area contributed by atoms with Gasteiger partial charge in [0.25, 0.3) is 0 Å². The highest BCUT2D eigenvalue weighted by molar-refractivity contribution is 8.06. The van der Waals surface area contributed by atoms with E-state index in [0.717, 1.165) is 25.5 Å². The van der Waals surface area contributed by atoms with Crippen molar-refractivity contribution in [3.05, 3.63) is 0 Å². The van der Waals surface area contributed by atoms with Crippen molar-refractivity contribution in [3.8, 4) is 0 Å². The first-order valence-electron chi connectivity index (χ1n) is 4.99. The Hall–Kier alpha value is 0.150. The van der Waals surface area contributed by atoms with E-state index in [1.807, 2.05) is 0 Å². The molecule has 16 heavy (non-hydrogen) atoms. The van der Waals surface area contributed by atoms with Gasteiger partial charge < -0.3 is 0 Å². The lowest BCUT2D eigenvalue weighted by atomic mass is 9.93. The molecule has 0 radical (unpaired) electrons. The molecule has 0 bridgehead atoms. The lowest BCUT2D eigenvalue weighted by molar-refractivity contribution is 0.228. The van der Waals surface area contributed by atoms with Crippen molar-refractivity contribution in [1.82, 2.24) is 4.31 Å². The molecule has 8 heteroatoms. The summed E-state index contributed by atoms with van der Waals surface area (Å²) in [6, 6.07) is -0.0644. The Kier molecular flexibility index (Phi) is 4.62. The molecule has 0 aromatic carbocycles. The predicted octanol–water partition coefficient (Wildman–Crippen LogP) is 0.412. The van der Waals surface area contributed by atoms with Gasteiger partial charge in [-0.15, -0.1) is 11.6 Å². The fraction of sp³-hybridized carbons (Fsp3) is 1.00. The summed E-state index contributed by atoms with van der Waals surface area (Å²) >= 11 is 5.54. The fourth-order valence-electron chi connectivity index (χ4n) is 1.64. The van der Waals surface area contributed by atoms with Crippen molar-refractivity contribution in [1.29, 1.82) is 0 Å². The van der Waals surface area contributed by atoms with Crippen LogP contribution in [0.1, 0.15) is 19.3 Å². The summed E-state index contributed by atoms with van der Waals surface area (Å²) in [6.07, 6.45) is 3.49. The third-order valence-electron chi connectivity index (χ3n) is 2.51. The van der Waals surface area contributed by atoms with Crippen LogP contribution in [0.4, 0.5) is 0 Å². The first kappa shape index (κ1) is 14.2. The van der Waals surface area contributed by atoms with Crippen molar-refractivity contribution in [2.45, 2.75) is 25.3 Å². The third kappa shape index (κ3) is 3.87. The number of halogens is 1. The number of hydrogen-bond donors (Lipinski definition) is 0. The Morgan fingerprint density at radius 1 is 1.25 bits per heavy atom. The molecule has 1 saturated carbocycles. The van der Waals surface area contributed by atoms with Gasteiger partial charge in [-0.25, -0.2) is 16.8 Å². The molecule has 0 heterocycles. The summed E-state index contributed by atoms with van der Waals surface area (Å²) in [5, 5.41) is -0.826. The van der Waals surface area contributed by atoms with Crippen molar-refractivity contribution in [3.63, 3.8) is 0 Å². The van der Waals surface area contributed by atoms with E-state index in [-0.39, 0.29) is 18.5 Å². The van der Waals surface area contributed by atoms with E-state index in [1.165, 1.54) is 4.31 Å². The fourth-order valence-corrected chi connectivity index (χ4v) is 5.67. The number of nitrogens with zero attached hydrogens (tertiary/aromatic N) is 1. The molecule has 5 nitrogen and oxygen atoms in total. The first-order valence-corrected chi connectivity index (χ1v) is 9.20. The van der Waals surface area contributed by atoms with Crippen LogP contribution in [0.5, 0.6) is 0 Å². The largest absolute Gasteiger partial charge is 0.228 e. The van der Waals surface area contributed by atoms with Gasteiger partial charge in [-0.1, -0.05) is 6.42 Å². The minimum absolute atomic E-state index is 0.0644. The van der Waals surface area contributed by atoms with Crippen molar-refractivity contribution in [2.75, 3.05) is 23.8 Å². The minimum Gasteiger partial charge on any atom is -0.228 e. The van der Waals surface area contributed by atoms with Crippen LogP contribution in [0.25, 0.3) is 0 Å². The third-order valence-corrected chi connectivity index (χ3v) is 6.78. The molecule has 0 aliphatic heterocycles. The lowest BCUT2D eigenvalue weighted by Gasteiger charge is -2.35. The highest BCUT2D eigenvalue weighted by Crippen LogP contribution is 2.27. The molecule has 0 unspecified atom stereocenters. The average Bonchev–Trinajstić information content (AvgIpc) is 1.95. The van der Waals surface area contributed by atoms with Gasteiger partial charge in [-0.2, -0.15) is 4.31 Å². The number of hydrogen-bond acceptors (Lipinski definition) is 4. The number of sulfone groups is 1. The van der Waals surface area contributed by atoms with Crippen LogP contribution in [0, 0.1) is 0 Å². The molecule has 1 fully saturated rings. The van der Waals surface area contributed by atoms with Crippen LogP contribution < -0.4 is 0 Å². The molecular weight excluding hydrogens is 274 g/mol. The highest BCUT2D eigenvalue weighted by Gasteiger charge is 2.35. The van der Waals surface area contributed by atoms with E-state index in [1.54, 1.807) is 0 Å². The average molecular weight is 290 g/mol. The predicted molar refractivity (Wildman–Crippen MR) is 63.7 cm³/mol. The van der Waals surface area contributed by atoms with E-state index in [9.17, 15) is 16.8 Å². The molecule has 1 rings (SSSR count). The molecule has 96 valence electrons. The molecule has 0 N–H and O–H groups in total. The molecule has 0 spiro atoms. The van der Waals surface area contributed by atoms with E-state index in [4.69, 9.17) is 11.6 Å². The maximum atomic E-state index is 11.9. The van der Waals surface area contributed by atoms with E-state index in [2.05, 4.69) is 0 Å². The van der Waals surface area contributed by atoms with E-state index >= 15 is 0 Å². The second kappa shape index (κ2) is 5.20. The molecule has 0 saturated heterocycles. The Morgan fingerprint density at radius 2 is 1.81 bits per heavy atom. The molecule has 0 amide bonds. The van der Waals surface area contributed by atoms with Crippen molar-refractivity contribution < 1.29 is 16.8 Å². The second-order valence-electron chi connectivity index (χ2n) is 4.04. The Labute approximate surface area is 102 Å². The standard InChI is InChI=1S/C8H16ClNO4S2/c1-15(11,12)7-16(13,14)10(6-5-9)8-3-2-4-8/h8H,2-7H2,1H3. The lowest BCUT2D eigenvalue weighted by Crippen LogP contribution is -2.46. The van der Waals surface area contributed by atoms with Gasteiger partial charge in [-0.3, -0.25) is 0 Å². The summed E-state index contributed by atoms with van der Waals surface area (Å²) in [6.45, 7) is 0.185. The van der Waals surface area contributed by atoms with Gasteiger partial charge in [0.15, 0.2) is 14.9 Å². The highest BCUT2D eigenvalue weighted by atomic mass is 35.5. The van der Waals surface area contributed by atoms with Crippen LogP contribution in [0.15, 0.2) is 0 Å². The maximum absolute atomic E-state index is 11.9. The second-order valence-corrected chi connectivity index (χ2v) is 8.85. The Balaban J connectivity index is 2.83. The smallest absolute Gasteiger partial charge is 0.228 e. The zero-order chi connectivity index (χ0) is 12.4. The van der Waals surface area contributed by atoms with Gasteiger partial charge in [0, 0.05) is 24.7 Å². The Morgan fingerprint density at radius 3 is 2.12 bits per heavy atom. The van der Waals surface area contributed by atoms with Crippen LogP contribution in [0.2, 0.25) is 0 Å². The molecule has 0 aromatic heterocycles. The number of rotatable bonds is 6. The Bertz CT molecular complexity index is 427. The van der Waals surface area contributed by atoms with Crippen LogP contribution in [-0.2, 0) is 19.9 Å². The topological polar surface area (TPSA) is 71.5 Å². The minimum atomic E-state index is -3.74. The van der Waals surface area contributed by atoms with E-state index < -0.39 is 24.9 Å².